The number of hydrogen-bond donors (Lipinski definition) is 2. The van der Waals surface area contributed by atoms with Crippen molar-refractivity contribution in [1.29, 1.82) is 0 Å². The van der Waals surface area contributed by atoms with E-state index in [0.29, 0.717) is 17.2 Å². The quantitative estimate of drug-likeness (QED) is 0.565. The van der Waals surface area contributed by atoms with Gasteiger partial charge in [-0.25, -0.2) is 9.97 Å². The van der Waals surface area contributed by atoms with Crippen molar-refractivity contribution in [3.8, 4) is 11.6 Å². The number of aromatic amines is 1. The van der Waals surface area contributed by atoms with E-state index in [0.717, 1.165) is 10.9 Å². The molecule has 21 heavy (non-hydrogen) atoms. The maximum absolute atomic E-state index is 5.81. The number of nitrogens with one attached hydrogen (secondary N) is 1. The lowest BCUT2D eigenvalue weighted by Crippen LogP contribution is -2.02. The Morgan fingerprint density at radius 1 is 1.29 bits per heavy atom. The van der Waals surface area contributed by atoms with E-state index in [1.54, 1.807) is 0 Å². The summed E-state index contributed by atoms with van der Waals surface area (Å²) < 4.78 is 5.77. The van der Waals surface area contributed by atoms with Gasteiger partial charge in [0.25, 0.3) is 0 Å². The second-order valence-corrected chi connectivity index (χ2v) is 4.22. The van der Waals surface area contributed by atoms with Gasteiger partial charge in [0.1, 0.15) is 30.6 Å². The molecule has 0 radical (unpaired) electrons. The average molecular weight is 283 g/mol. The molecule has 2 heterocycles. The summed E-state index contributed by atoms with van der Waals surface area (Å²) in [5, 5.41) is 4.72. The molecule has 0 saturated heterocycles. The second kappa shape index (κ2) is 5.49. The second-order valence-electron chi connectivity index (χ2n) is 4.22. The SMILES string of the molecule is CO/N=C/c1c(N)ncnc1Oc1ccc2[nH]ccc2c1. The van der Waals surface area contributed by atoms with Crippen molar-refractivity contribution < 1.29 is 9.57 Å². The zero-order chi connectivity index (χ0) is 14.7. The molecule has 0 saturated carbocycles. The Morgan fingerprint density at radius 3 is 3.05 bits per heavy atom. The Morgan fingerprint density at radius 2 is 2.19 bits per heavy atom. The first-order valence-electron chi connectivity index (χ1n) is 6.20. The average Bonchev–Trinajstić information content (AvgIpc) is 2.94. The number of aromatic nitrogens is 3. The van der Waals surface area contributed by atoms with Crippen LogP contribution >= 0.6 is 0 Å². The van der Waals surface area contributed by atoms with Crippen molar-refractivity contribution in [3.63, 3.8) is 0 Å². The van der Waals surface area contributed by atoms with E-state index < -0.39 is 0 Å². The van der Waals surface area contributed by atoms with E-state index in [2.05, 4.69) is 24.9 Å². The predicted molar refractivity (Wildman–Crippen MR) is 79.4 cm³/mol. The fraction of sp³-hybridized carbons (Fsp3) is 0.0714. The third-order valence-electron chi connectivity index (χ3n) is 2.90. The molecule has 0 atom stereocenters. The lowest BCUT2D eigenvalue weighted by Gasteiger charge is -2.08. The molecule has 0 amide bonds. The highest BCUT2D eigenvalue weighted by molar-refractivity contribution is 5.88. The van der Waals surface area contributed by atoms with Gasteiger partial charge in [-0.3, -0.25) is 0 Å². The van der Waals surface area contributed by atoms with Gasteiger partial charge in [-0.05, 0) is 24.3 Å². The van der Waals surface area contributed by atoms with E-state index >= 15 is 0 Å². The van der Waals surface area contributed by atoms with Crippen LogP contribution in [0.25, 0.3) is 10.9 Å². The summed E-state index contributed by atoms with van der Waals surface area (Å²) in [4.78, 5) is 15.8. The first kappa shape index (κ1) is 12.9. The van der Waals surface area contributed by atoms with Crippen molar-refractivity contribution in [1.82, 2.24) is 15.0 Å². The van der Waals surface area contributed by atoms with Gasteiger partial charge in [0, 0.05) is 17.1 Å². The summed E-state index contributed by atoms with van der Waals surface area (Å²) in [5.74, 6) is 1.23. The standard InChI is InChI=1S/C14H13N5O2/c1-20-19-7-11-13(15)17-8-18-14(11)21-10-2-3-12-9(6-10)4-5-16-12/h2-8,16H,1H3,(H2,15,17,18)/b19-7+. The Labute approximate surface area is 120 Å². The number of nitrogens with two attached hydrogens (primary N) is 1. The van der Waals surface area contributed by atoms with Gasteiger partial charge in [-0.15, -0.1) is 0 Å². The molecule has 3 aromatic rings. The number of fused-ring (bicyclic) bond motifs is 1. The molecule has 0 aliphatic rings. The topological polar surface area (TPSA) is 98.4 Å². The lowest BCUT2D eigenvalue weighted by atomic mass is 10.2. The zero-order valence-corrected chi connectivity index (χ0v) is 11.3. The number of nitrogens with zero attached hydrogens (tertiary/aromatic N) is 3. The van der Waals surface area contributed by atoms with E-state index in [4.69, 9.17) is 10.5 Å². The minimum atomic E-state index is 0.267. The molecule has 0 fully saturated rings. The molecular weight excluding hydrogens is 270 g/mol. The molecule has 0 unspecified atom stereocenters. The third kappa shape index (κ3) is 2.62. The molecule has 1 aromatic carbocycles. The minimum absolute atomic E-state index is 0.267. The van der Waals surface area contributed by atoms with Crippen LogP contribution in [0, 0.1) is 0 Å². The summed E-state index contributed by atoms with van der Waals surface area (Å²) in [7, 11) is 1.44. The van der Waals surface area contributed by atoms with Crippen LogP contribution < -0.4 is 10.5 Å². The van der Waals surface area contributed by atoms with Crippen LogP contribution in [0.1, 0.15) is 5.56 Å². The maximum atomic E-state index is 5.81. The fourth-order valence-electron chi connectivity index (χ4n) is 1.91. The fourth-order valence-corrected chi connectivity index (χ4v) is 1.91. The van der Waals surface area contributed by atoms with E-state index in [-0.39, 0.29) is 5.82 Å². The number of nitrogen functional groups attached to an aromatic ring is 1. The van der Waals surface area contributed by atoms with Gasteiger partial charge in [0.15, 0.2) is 0 Å². The van der Waals surface area contributed by atoms with Crippen LogP contribution in [0.5, 0.6) is 11.6 Å². The molecule has 106 valence electrons. The summed E-state index contributed by atoms with van der Waals surface area (Å²) in [6, 6.07) is 7.64. The van der Waals surface area contributed by atoms with Gasteiger partial charge in [0.05, 0.1) is 6.21 Å². The summed E-state index contributed by atoms with van der Waals surface area (Å²) in [6.45, 7) is 0. The van der Waals surface area contributed by atoms with Gasteiger partial charge >= 0.3 is 0 Å². The van der Waals surface area contributed by atoms with Crippen molar-refractivity contribution in [3.05, 3.63) is 42.4 Å². The number of H-pyrrole nitrogens is 1. The van der Waals surface area contributed by atoms with Crippen molar-refractivity contribution in [2.24, 2.45) is 5.16 Å². The van der Waals surface area contributed by atoms with Crippen molar-refractivity contribution in [2.45, 2.75) is 0 Å². The first-order valence-corrected chi connectivity index (χ1v) is 6.20. The first-order chi connectivity index (χ1) is 10.3. The van der Waals surface area contributed by atoms with Crippen molar-refractivity contribution in [2.75, 3.05) is 12.8 Å². The number of hydrogen-bond acceptors (Lipinski definition) is 6. The largest absolute Gasteiger partial charge is 0.438 e. The molecule has 3 rings (SSSR count). The number of rotatable bonds is 4. The van der Waals surface area contributed by atoms with Gasteiger partial charge < -0.3 is 20.3 Å². The van der Waals surface area contributed by atoms with Crippen LogP contribution in [0.3, 0.4) is 0 Å². The summed E-state index contributed by atoms with van der Waals surface area (Å²) >= 11 is 0. The molecule has 0 bridgehead atoms. The predicted octanol–water partition coefficient (Wildman–Crippen LogP) is 2.31. The molecule has 0 aliphatic carbocycles. The number of benzene rings is 1. The van der Waals surface area contributed by atoms with Gasteiger partial charge in [-0.1, -0.05) is 5.16 Å². The van der Waals surface area contributed by atoms with Crippen LogP contribution in [-0.4, -0.2) is 28.3 Å². The highest BCUT2D eigenvalue weighted by Crippen LogP contribution is 2.27. The molecule has 0 spiro atoms. The number of ether oxygens (including phenoxy) is 1. The third-order valence-corrected chi connectivity index (χ3v) is 2.90. The van der Waals surface area contributed by atoms with Crippen LogP contribution in [0.2, 0.25) is 0 Å². The summed E-state index contributed by atoms with van der Waals surface area (Å²) in [5.41, 5.74) is 7.31. The smallest absolute Gasteiger partial charge is 0.233 e. The molecule has 0 aliphatic heterocycles. The van der Waals surface area contributed by atoms with Crippen LogP contribution in [-0.2, 0) is 4.84 Å². The van der Waals surface area contributed by atoms with E-state index in [9.17, 15) is 0 Å². The zero-order valence-electron chi connectivity index (χ0n) is 11.3. The highest BCUT2D eigenvalue weighted by atomic mass is 16.6. The monoisotopic (exact) mass is 283 g/mol. The van der Waals surface area contributed by atoms with Gasteiger partial charge in [0.2, 0.25) is 5.88 Å². The Balaban J connectivity index is 1.96. The number of anilines is 1. The molecule has 7 heteroatoms. The normalized spacial score (nSPS) is 11.1. The van der Waals surface area contributed by atoms with Crippen LogP contribution in [0.15, 0.2) is 41.9 Å². The Hall–Kier alpha value is -3.09. The molecule has 3 N–H and O–H groups in total. The highest BCUT2D eigenvalue weighted by Gasteiger charge is 2.10. The van der Waals surface area contributed by atoms with E-state index in [1.807, 2.05) is 30.5 Å². The van der Waals surface area contributed by atoms with Crippen molar-refractivity contribution >= 4 is 22.9 Å². The Bertz CT molecular complexity index is 797. The molecular formula is C14H13N5O2. The Kier molecular flexibility index (Phi) is 3.38. The summed E-state index contributed by atoms with van der Waals surface area (Å²) in [6.07, 6.45) is 4.62. The number of oxime groups is 1. The molecule has 2 aromatic heterocycles. The van der Waals surface area contributed by atoms with Gasteiger partial charge in [-0.2, -0.15) is 0 Å². The molecule has 7 nitrogen and oxygen atoms in total. The maximum Gasteiger partial charge on any atom is 0.233 e. The minimum Gasteiger partial charge on any atom is -0.438 e. The van der Waals surface area contributed by atoms with Crippen LogP contribution in [0.4, 0.5) is 5.82 Å². The van der Waals surface area contributed by atoms with E-state index in [1.165, 1.54) is 19.7 Å². The lowest BCUT2D eigenvalue weighted by molar-refractivity contribution is 0.215.